The second-order valence-corrected chi connectivity index (χ2v) is 5.06. The van der Waals surface area contributed by atoms with Gasteiger partial charge in [-0.2, -0.15) is 5.26 Å². The Morgan fingerprint density at radius 2 is 2.17 bits per heavy atom. The monoisotopic (exact) mass is 260 g/mol. The van der Waals surface area contributed by atoms with Gasteiger partial charge >= 0.3 is 0 Å². The molecule has 1 aliphatic heterocycles. The number of hydrogen-bond acceptors (Lipinski definition) is 4. The van der Waals surface area contributed by atoms with Crippen LogP contribution >= 0.6 is 11.3 Å². The number of thiazole rings is 1. The van der Waals surface area contributed by atoms with Gasteiger partial charge in [-0.15, -0.1) is 11.3 Å². The number of nitriles is 1. The molecule has 0 atom stereocenters. The van der Waals surface area contributed by atoms with Crippen molar-refractivity contribution in [3.63, 3.8) is 0 Å². The van der Waals surface area contributed by atoms with Crippen LogP contribution in [0.5, 0.6) is 0 Å². The Bertz CT molecular complexity index is 628. The van der Waals surface area contributed by atoms with Crippen LogP contribution in [0.1, 0.15) is 5.69 Å². The van der Waals surface area contributed by atoms with Gasteiger partial charge in [-0.1, -0.05) is 12.1 Å². The highest BCUT2D eigenvalue weighted by Gasteiger charge is 2.43. The quantitative estimate of drug-likeness (QED) is 0.834. The predicted molar refractivity (Wildman–Crippen MR) is 65.6 cm³/mol. The molecule has 5 heteroatoms. The minimum atomic E-state index is -0.639. The van der Waals surface area contributed by atoms with Crippen molar-refractivity contribution in [2.45, 2.75) is 5.41 Å². The fourth-order valence-corrected chi connectivity index (χ4v) is 2.77. The number of hydrogen-bond donors (Lipinski definition) is 0. The summed E-state index contributed by atoms with van der Waals surface area (Å²) in [5.74, 6) is -0.297. The number of aromatic nitrogens is 1. The normalized spacial score (nSPS) is 16.9. The first-order valence-electron chi connectivity index (χ1n) is 5.45. The molecule has 0 N–H and O–H groups in total. The number of halogens is 1. The Morgan fingerprint density at radius 1 is 1.39 bits per heavy atom. The zero-order valence-corrected chi connectivity index (χ0v) is 10.2. The van der Waals surface area contributed by atoms with E-state index in [0.29, 0.717) is 29.5 Å². The van der Waals surface area contributed by atoms with Gasteiger partial charge in [0.2, 0.25) is 0 Å². The van der Waals surface area contributed by atoms with E-state index in [-0.39, 0.29) is 5.82 Å². The van der Waals surface area contributed by atoms with Crippen molar-refractivity contribution in [3.8, 4) is 16.6 Å². The van der Waals surface area contributed by atoms with E-state index in [9.17, 15) is 9.65 Å². The van der Waals surface area contributed by atoms with Crippen LogP contribution in [-0.2, 0) is 10.2 Å². The van der Waals surface area contributed by atoms with Gasteiger partial charge in [0.1, 0.15) is 16.2 Å². The lowest BCUT2D eigenvalue weighted by Gasteiger charge is -2.33. The zero-order valence-electron chi connectivity index (χ0n) is 9.39. The van der Waals surface area contributed by atoms with Crippen molar-refractivity contribution < 1.29 is 9.13 Å². The molecule has 0 unspecified atom stereocenters. The summed E-state index contributed by atoms with van der Waals surface area (Å²) in [6.45, 7) is 0.730. The van der Waals surface area contributed by atoms with Crippen LogP contribution in [-0.4, -0.2) is 18.2 Å². The highest BCUT2D eigenvalue weighted by Crippen LogP contribution is 2.35. The molecule has 0 saturated carbocycles. The summed E-state index contributed by atoms with van der Waals surface area (Å²) in [5.41, 5.74) is 0.515. The third-order valence-electron chi connectivity index (χ3n) is 3.01. The van der Waals surface area contributed by atoms with Crippen LogP contribution in [0.2, 0.25) is 0 Å². The average molecular weight is 260 g/mol. The fraction of sp³-hybridized carbons (Fsp3) is 0.231. The maximum Gasteiger partial charge on any atom is 0.146 e. The molecule has 0 aliphatic carbocycles. The van der Waals surface area contributed by atoms with E-state index in [0.717, 1.165) is 0 Å². The van der Waals surface area contributed by atoms with Crippen molar-refractivity contribution in [3.05, 3.63) is 41.2 Å². The van der Waals surface area contributed by atoms with Crippen LogP contribution in [0, 0.1) is 17.1 Å². The smallest absolute Gasteiger partial charge is 0.146 e. The largest absolute Gasteiger partial charge is 0.377 e. The summed E-state index contributed by atoms with van der Waals surface area (Å²) in [7, 11) is 0. The molecule has 3 nitrogen and oxygen atoms in total. The number of ether oxygens (including phenoxy) is 1. The second kappa shape index (κ2) is 4.16. The number of benzene rings is 1. The molecule has 1 aliphatic rings. The standard InChI is InChI=1S/C13H9FN2OS/c14-10-4-2-1-3-9(10)12-16-11(5-18-12)13(6-15)7-17-8-13/h1-5H,7-8H2. The summed E-state index contributed by atoms with van der Waals surface area (Å²) in [6, 6.07) is 8.74. The molecule has 2 heterocycles. The van der Waals surface area contributed by atoms with Gasteiger partial charge in [0.25, 0.3) is 0 Å². The Labute approximate surface area is 107 Å². The predicted octanol–water partition coefficient (Wildman–Crippen LogP) is 2.74. The lowest BCUT2D eigenvalue weighted by atomic mass is 9.85. The van der Waals surface area contributed by atoms with Crippen LogP contribution < -0.4 is 0 Å². The van der Waals surface area contributed by atoms with E-state index in [1.54, 1.807) is 18.2 Å². The molecule has 0 radical (unpaired) electrons. The molecule has 0 bridgehead atoms. The van der Waals surface area contributed by atoms with Gasteiger partial charge in [0.05, 0.1) is 25.0 Å². The van der Waals surface area contributed by atoms with Gasteiger partial charge in [-0.3, -0.25) is 0 Å². The van der Waals surface area contributed by atoms with E-state index >= 15 is 0 Å². The summed E-state index contributed by atoms with van der Waals surface area (Å²) in [5, 5.41) is 11.6. The van der Waals surface area contributed by atoms with E-state index < -0.39 is 5.41 Å². The molecule has 0 amide bonds. The van der Waals surface area contributed by atoms with E-state index in [1.165, 1.54) is 17.4 Å². The number of rotatable bonds is 2. The summed E-state index contributed by atoms with van der Waals surface area (Å²) >= 11 is 1.35. The fourth-order valence-electron chi connectivity index (χ4n) is 1.83. The lowest BCUT2D eigenvalue weighted by molar-refractivity contribution is -0.0314. The second-order valence-electron chi connectivity index (χ2n) is 4.20. The third kappa shape index (κ3) is 1.62. The molecule has 1 aromatic carbocycles. The Kier molecular flexibility index (Phi) is 2.62. The molecule has 1 saturated heterocycles. The van der Waals surface area contributed by atoms with Gasteiger partial charge < -0.3 is 4.74 Å². The van der Waals surface area contributed by atoms with Crippen molar-refractivity contribution >= 4 is 11.3 Å². The third-order valence-corrected chi connectivity index (χ3v) is 3.89. The maximum absolute atomic E-state index is 13.6. The molecule has 90 valence electrons. The van der Waals surface area contributed by atoms with E-state index in [2.05, 4.69) is 11.1 Å². The van der Waals surface area contributed by atoms with Crippen LogP contribution in [0.3, 0.4) is 0 Å². The first-order chi connectivity index (χ1) is 8.75. The molecule has 1 fully saturated rings. The molecule has 18 heavy (non-hydrogen) atoms. The van der Waals surface area contributed by atoms with Gasteiger partial charge in [0, 0.05) is 10.9 Å². The molecule has 2 aromatic rings. The minimum Gasteiger partial charge on any atom is -0.377 e. The summed E-state index contributed by atoms with van der Waals surface area (Å²) in [4.78, 5) is 4.38. The lowest BCUT2D eigenvalue weighted by Crippen LogP contribution is -2.45. The Balaban J connectivity index is 2.00. The maximum atomic E-state index is 13.6. The van der Waals surface area contributed by atoms with Crippen LogP contribution in [0.25, 0.3) is 10.6 Å². The molecular weight excluding hydrogens is 251 g/mol. The summed E-state index contributed by atoms with van der Waals surface area (Å²) < 4.78 is 18.7. The Hall–Kier alpha value is -1.77. The topological polar surface area (TPSA) is 45.9 Å². The Morgan fingerprint density at radius 3 is 2.78 bits per heavy atom. The van der Waals surface area contributed by atoms with Crippen molar-refractivity contribution in [2.75, 3.05) is 13.2 Å². The minimum absolute atomic E-state index is 0.297. The molecule has 1 aromatic heterocycles. The first kappa shape index (κ1) is 11.3. The average Bonchev–Trinajstić information content (AvgIpc) is 2.79. The SMILES string of the molecule is N#CC1(c2csc(-c3ccccc3F)n2)COC1. The van der Waals surface area contributed by atoms with Gasteiger partial charge in [0.15, 0.2) is 0 Å². The van der Waals surface area contributed by atoms with Crippen LogP contribution in [0.4, 0.5) is 4.39 Å². The van der Waals surface area contributed by atoms with E-state index in [1.807, 2.05) is 5.38 Å². The highest BCUT2D eigenvalue weighted by molar-refractivity contribution is 7.13. The van der Waals surface area contributed by atoms with Gasteiger partial charge in [-0.05, 0) is 12.1 Å². The van der Waals surface area contributed by atoms with Crippen molar-refractivity contribution in [1.82, 2.24) is 4.98 Å². The van der Waals surface area contributed by atoms with E-state index in [4.69, 9.17) is 4.74 Å². The van der Waals surface area contributed by atoms with Crippen LogP contribution in [0.15, 0.2) is 29.6 Å². The molecule has 3 rings (SSSR count). The van der Waals surface area contributed by atoms with Crippen molar-refractivity contribution in [1.29, 1.82) is 5.26 Å². The van der Waals surface area contributed by atoms with Crippen molar-refractivity contribution in [2.24, 2.45) is 0 Å². The summed E-state index contributed by atoms with van der Waals surface area (Å²) in [6.07, 6.45) is 0. The highest BCUT2D eigenvalue weighted by atomic mass is 32.1. The van der Waals surface area contributed by atoms with Gasteiger partial charge in [-0.25, -0.2) is 9.37 Å². The number of nitrogens with zero attached hydrogens (tertiary/aromatic N) is 2. The molecular formula is C13H9FN2OS. The molecule has 0 spiro atoms. The first-order valence-corrected chi connectivity index (χ1v) is 6.33. The zero-order chi connectivity index (χ0) is 12.6.